The summed E-state index contributed by atoms with van der Waals surface area (Å²) < 4.78 is 10.8. The third-order valence-corrected chi connectivity index (χ3v) is 7.49. The van der Waals surface area contributed by atoms with Gasteiger partial charge in [-0.05, 0) is 54.3 Å². The molecule has 0 unspecified atom stereocenters. The average Bonchev–Trinajstić information content (AvgIpc) is 2.98. The summed E-state index contributed by atoms with van der Waals surface area (Å²) in [6, 6.07) is 25.8. The first-order valence-electron chi connectivity index (χ1n) is 13.1. The van der Waals surface area contributed by atoms with Crippen LogP contribution >= 0.6 is 11.8 Å². The summed E-state index contributed by atoms with van der Waals surface area (Å²) in [4.78, 5) is 26.2. The molecule has 8 heteroatoms. The average molecular weight is 557 g/mol. The highest BCUT2D eigenvalue weighted by Gasteiger charge is 2.13. The number of hydrogen-bond donors (Lipinski definition) is 0. The molecule has 0 atom stereocenters. The largest absolute Gasteiger partial charge is 0.493 e. The van der Waals surface area contributed by atoms with Crippen molar-refractivity contribution in [1.29, 1.82) is 0 Å². The minimum absolute atomic E-state index is 0.00540. The van der Waals surface area contributed by atoms with Gasteiger partial charge in [0.2, 0.25) is 0 Å². The van der Waals surface area contributed by atoms with Crippen molar-refractivity contribution in [3.05, 3.63) is 107 Å². The fourth-order valence-electron chi connectivity index (χ4n) is 4.27. The van der Waals surface area contributed by atoms with Gasteiger partial charge in [-0.2, -0.15) is 0 Å². The van der Waals surface area contributed by atoms with Gasteiger partial charge in [0.25, 0.3) is 5.91 Å². The van der Waals surface area contributed by atoms with Crippen LogP contribution in [-0.2, 0) is 18.7 Å². The molecule has 4 aromatic rings. The van der Waals surface area contributed by atoms with E-state index in [1.165, 1.54) is 0 Å². The van der Waals surface area contributed by atoms with Crippen molar-refractivity contribution in [3.8, 4) is 11.5 Å². The van der Waals surface area contributed by atoms with Crippen LogP contribution < -0.4 is 14.4 Å². The topological polar surface area (TPSA) is 67.8 Å². The number of aromatic nitrogens is 2. The van der Waals surface area contributed by atoms with Gasteiger partial charge >= 0.3 is 0 Å². The lowest BCUT2D eigenvalue weighted by Gasteiger charge is -2.19. The molecule has 1 amide bonds. The van der Waals surface area contributed by atoms with Crippen molar-refractivity contribution in [2.24, 2.45) is 0 Å². The maximum absolute atomic E-state index is 12.9. The van der Waals surface area contributed by atoms with E-state index in [1.807, 2.05) is 93.8 Å². The minimum atomic E-state index is 0.00540. The maximum Gasteiger partial charge on any atom is 0.253 e. The Balaban J connectivity index is 1.33. The highest BCUT2D eigenvalue weighted by Crippen LogP contribution is 2.28. The summed E-state index contributed by atoms with van der Waals surface area (Å²) in [7, 11) is 7.16. The van der Waals surface area contributed by atoms with Crippen LogP contribution in [0.25, 0.3) is 0 Å². The van der Waals surface area contributed by atoms with Gasteiger partial charge in [-0.3, -0.25) is 4.79 Å². The number of carbonyl (C=O) groups is 1. The number of anilines is 1. The molecular formula is C32H36N4O3S. The molecule has 3 aromatic carbocycles. The first-order chi connectivity index (χ1) is 19.4. The highest BCUT2D eigenvalue weighted by molar-refractivity contribution is 7.98. The predicted octanol–water partition coefficient (Wildman–Crippen LogP) is 6.05. The Bertz CT molecular complexity index is 1410. The van der Waals surface area contributed by atoms with E-state index in [-0.39, 0.29) is 5.91 Å². The van der Waals surface area contributed by atoms with Crippen molar-refractivity contribution in [2.45, 2.75) is 30.8 Å². The Hall–Kier alpha value is -4.04. The van der Waals surface area contributed by atoms with Crippen molar-refractivity contribution in [3.63, 3.8) is 0 Å². The van der Waals surface area contributed by atoms with Gasteiger partial charge in [0.05, 0.1) is 14.2 Å². The lowest BCUT2D eigenvalue weighted by atomic mass is 10.1. The smallest absolute Gasteiger partial charge is 0.253 e. The number of methoxy groups -OCH3 is 2. The van der Waals surface area contributed by atoms with Crippen LogP contribution in [0.3, 0.4) is 0 Å². The van der Waals surface area contributed by atoms with E-state index >= 15 is 0 Å². The summed E-state index contributed by atoms with van der Waals surface area (Å²) in [6.07, 6.45) is 0.841. The van der Waals surface area contributed by atoms with E-state index in [0.717, 1.165) is 57.8 Å². The second-order valence-electron chi connectivity index (χ2n) is 9.64. The van der Waals surface area contributed by atoms with Crippen LogP contribution in [0.1, 0.15) is 32.7 Å². The number of amides is 1. The third-order valence-electron chi connectivity index (χ3n) is 6.57. The Morgan fingerprint density at radius 3 is 2.23 bits per heavy atom. The normalized spacial score (nSPS) is 10.7. The van der Waals surface area contributed by atoms with Crippen molar-refractivity contribution < 1.29 is 14.3 Å². The molecule has 0 N–H and O–H groups in total. The number of rotatable bonds is 12. The lowest BCUT2D eigenvalue weighted by molar-refractivity contribution is 0.0785. The molecule has 1 heterocycles. The van der Waals surface area contributed by atoms with Crippen LogP contribution in [-0.4, -0.2) is 55.6 Å². The molecule has 1 aromatic heterocycles. The van der Waals surface area contributed by atoms with Crippen LogP contribution in [0.2, 0.25) is 0 Å². The van der Waals surface area contributed by atoms with Crippen molar-refractivity contribution in [1.82, 2.24) is 14.9 Å². The summed E-state index contributed by atoms with van der Waals surface area (Å²) in [6.45, 7) is 3.36. The zero-order valence-electron chi connectivity index (χ0n) is 23.8. The molecule has 0 saturated heterocycles. The molecule has 0 radical (unpaired) electrons. The fraction of sp³-hybridized carbons (Fsp3) is 0.281. The molecule has 0 saturated carbocycles. The Morgan fingerprint density at radius 1 is 0.825 bits per heavy atom. The second-order valence-corrected chi connectivity index (χ2v) is 10.6. The maximum atomic E-state index is 12.9. The molecule has 7 nitrogen and oxygen atoms in total. The number of hydrogen-bond acceptors (Lipinski definition) is 7. The Morgan fingerprint density at radius 2 is 1.52 bits per heavy atom. The quantitative estimate of drug-likeness (QED) is 0.156. The van der Waals surface area contributed by atoms with Crippen LogP contribution in [0.5, 0.6) is 11.5 Å². The van der Waals surface area contributed by atoms with Gasteiger partial charge in [0.15, 0.2) is 16.7 Å². The van der Waals surface area contributed by atoms with Gasteiger partial charge in [0, 0.05) is 50.3 Å². The molecule has 0 aliphatic rings. The minimum Gasteiger partial charge on any atom is -0.493 e. The number of ether oxygens (including phenoxy) is 2. The van der Waals surface area contributed by atoms with Crippen LogP contribution in [0, 0.1) is 6.92 Å². The van der Waals surface area contributed by atoms with E-state index < -0.39 is 0 Å². The Kier molecular flexibility index (Phi) is 10.0. The lowest BCUT2D eigenvalue weighted by Crippen LogP contribution is -2.26. The van der Waals surface area contributed by atoms with Gasteiger partial charge in [-0.25, -0.2) is 9.97 Å². The first-order valence-corrected chi connectivity index (χ1v) is 14.1. The summed E-state index contributed by atoms with van der Waals surface area (Å²) in [5.74, 6) is 3.07. The SMILES string of the molecule is COc1ccc(CCN(C)c2cc(C)nc(SCc3ccc(C(=O)N(C)Cc4ccccc4)cc3)n2)cc1OC. The molecule has 4 rings (SSSR count). The number of benzene rings is 3. The number of carbonyl (C=O) groups excluding carboxylic acids is 1. The number of likely N-dealkylation sites (N-methyl/N-ethyl adjacent to an activating group) is 1. The van der Waals surface area contributed by atoms with Gasteiger partial charge in [0.1, 0.15) is 5.82 Å². The number of aryl methyl sites for hydroxylation is 1. The molecule has 0 aliphatic carbocycles. The first kappa shape index (κ1) is 29.0. The summed E-state index contributed by atoms with van der Waals surface area (Å²) in [5.41, 5.74) is 4.99. The predicted molar refractivity (Wildman–Crippen MR) is 162 cm³/mol. The van der Waals surface area contributed by atoms with Crippen molar-refractivity contribution >= 4 is 23.5 Å². The molecule has 0 fully saturated rings. The third kappa shape index (κ3) is 7.76. The standard InChI is InChI=1S/C32H36N4O3S/c1-23-19-30(35(2)18-17-24-13-16-28(38-4)29(20-24)39-5)34-32(33-23)40-22-26-11-14-27(15-12-26)31(37)36(3)21-25-9-7-6-8-10-25/h6-16,19-20H,17-18,21-22H2,1-5H3. The fourth-order valence-corrected chi connectivity index (χ4v) is 5.13. The molecular weight excluding hydrogens is 520 g/mol. The molecule has 40 heavy (non-hydrogen) atoms. The molecule has 0 bridgehead atoms. The second kappa shape index (κ2) is 13.8. The monoisotopic (exact) mass is 556 g/mol. The summed E-state index contributed by atoms with van der Waals surface area (Å²) in [5, 5.41) is 0.732. The number of nitrogens with zero attached hydrogens (tertiary/aromatic N) is 4. The Labute approximate surface area is 241 Å². The summed E-state index contributed by atoms with van der Waals surface area (Å²) >= 11 is 1.59. The van der Waals surface area contributed by atoms with Crippen LogP contribution in [0.4, 0.5) is 5.82 Å². The molecule has 208 valence electrons. The zero-order chi connectivity index (χ0) is 28.5. The van der Waals surface area contributed by atoms with E-state index in [9.17, 15) is 4.79 Å². The van der Waals surface area contributed by atoms with E-state index in [1.54, 1.807) is 30.9 Å². The number of thioether (sulfide) groups is 1. The van der Waals surface area contributed by atoms with E-state index in [0.29, 0.717) is 17.9 Å². The zero-order valence-corrected chi connectivity index (χ0v) is 24.6. The van der Waals surface area contributed by atoms with E-state index in [2.05, 4.69) is 16.0 Å². The van der Waals surface area contributed by atoms with Crippen molar-refractivity contribution in [2.75, 3.05) is 39.8 Å². The van der Waals surface area contributed by atoms with Crippen LogP contribution in [0.15, 0.2) is 84.0 Å². The molecule has 0 aliphatic heterocycles. The van der Waals surface area contributed by atoms with Gasteiger partial charge in [-0.15, -0.1) is 0 Å². The van der Waals surface area contributed by atoms with Gasteiger partial charge < -0.3 is 19.3 Å². The molecule has 0 spiro atoms. The van der Waals surface area contributed by atoms with E-state index in [4.69, 9.17) is 14.5 Å². The van der Waals surface area contributed by atoms with Gasteiger partial charge in [-0.1, -0.05) is 60.3 Å². The highest BCUT2D eigenvalue weighted by atomic mass is 32.2.